The number of amides is 1. The second kappa shape index (κ2) is 5.24. The minimum absolute atomic E-state index is 0.00718. The predicted molar refractivity (Wildman–Crippen MR) is 69.0 cm³/mol. The summed E-state index contributed by atoms with van der Waals surface area (Å²) in [7, 11) is 0. The molecule has 1 heterocycles. The van der Waals surface area contributed by atoms with E-state index in [1.165, 1.54) is 29.2 Å². The Balaban J connectivity index is 2.19. The molecule has 20 heavy (non-hydrogen) atoms. The van der Waals surface area contributed by atoms with Gasteiger partial charge in [-0.05, 0) is 49.4 Å². The van der Waals surface area contributed by atoms with Gasteiger partial charge >= 0.3 is 6.09 Å². The van der Waals surface area contributed by atoms with Crippen LogP contribution in [0.1, 0.15) is 20.8 Å². The quantitative estimate of drug-likeness (QED) is 0.910. The van der Waals surface area contributed by atoms with Gasteiger partial charge in [-0.2, -0.15) is 0 Å². The summed E-state index contributed by atoms with van der Waals surface area (Å²) < 4.78 is 20.1. The first kappa shape index (κ1) is 13.9. The van der Waals surface area contributed by atoms with E-state index in [0.29, 0.717) is 5.69 Å². The lowest BCUT2D eigenvalue weighted by Crippen LogP contribution is -2.27. The number of nitrogens with zero attached hydrogens (tertiary/aromatic N) is 4. The third-order valence-corrected chi connectivity index (χ3v) is 2.20. The summed E-state index contributed by atoms with van der Waals surface area (Å²) in [6.45, 7) is 5.17. The molecule has 0 aliphatic rings. The first-order chi connectivity index (χ1) is 9.35. The van der Waals surface area contributed by atoms with Crippen molar-refractivity contribution < 1.29 is 13.9 Å². The molecular weight excluding hydrogens is 265 g/mol. The summed E-state index contributed by atoms with van der Waals surface area (Å²) >= 11 is 0. The minimum Gasteiger partial charge on any atom is -0.444 e. The van der Waals surface area contributed by atoms with Crippen molar-refractivity contribution in [2.45, 2.75) is 26.4 Å². The van der Waals surface area contributed by atoms with Gasteiger partial charge in [0.2, 0.25) is 0 Å². The first-order valence-corrected chi connectivity index (χ1v) is 5.88. The number of ether oxygens (including phenoxy) is 1. The van der Waals surface area contributed by atoms with Gasteiger partial charge in [0.15, 0.2) is 0 Å². The zero-order valence-electron chi connectivity index (χ0n) is 11.3. The van der Waals surface area contributed by atoms with Crippen LogP contribution in [0.2, 0.25) is 0 Å². The Kier molecular flexibility index (Phi) is 3.64. The number of anilines is 1. The molecule has 1 aromatic heterocycles. The zero-order chi connectivity index (χ0) is 14.8. The van der Waals surface area contributed by atoms with Gasteiger partial charge in [-0.15, -0.1) is 5.10 Å². The van der Waals surface area contributed by atoms with Gasteiger partial charge in [-0.25, -0.2) is 13.9 Å². The Bertz CT molecular complexity index is 607. The second-order valence-electron chi connectivity index (χ2n) is 5.05. The highest BCUT2D eigenvalue weighted by molar-refractivity contribution is 5.85. The molecule has 0 bridgehead atoms. The van der Waals surface area contributed by atoms with Crippen molar-refractivity contribution in [3.8, 4) is 5.69 Å². The summed E-state index contributed by atoms with van der Waals surface area (Å²) in [5.74, 6) is -0.576. The van der Waals surface area contributed by atoms with Gasteiger partial charge < -0.3 is 4.74 Å². The maximum Gasteiger partial charge on any atom is 0.412 e. The highest BCUT2D eigenvalue weighted by atomic mass is 19.1. The van der Waals surface area contributed by atoms with Crippen LogP contribution in [0.5, 0.6) is 0 Å². The van der Waals surface area contributed by atoms with Crippen LogP contribution in [-0.4, -0.2) is 31.9 Å². The van der Waals surface area contributed by atoms with E-state index in [1.54, 1.807) is 20.8 Å². The minimum atomic E-state index is -0.731. The van der Waals surface area contributed by atoms with E-state index < -0.39 is 17.5 Å². The topological polar surface area (TPSA) is 81.9 Å². The maximum atomic E-state index is 13.7. The zero-order valence-corrected chi connectivity index (χ0v) is 11.3. The smallest absolute Gasteiger partial charge is 0.412 e. The fourth-order valence-electron chi connectivity index (χ4n) is 1.44. The molecule has 0 saturated carbocycles. The number of halogens is 1. The van der Waals surface area contributed by atoms with Crippen LogP contribution in [0.15, 0.2) is 24.5 Å². The summed E-state index contributed by atoms with van der Waals surface area (Å²) in [6, 6.07) is 4.12. The van der Waals surface area contributed by atoms with Gasteiger partial charge in [0, 0.05) is 0 Å². The van der Waals surface area contributed by atoms with E-state index in [-0.39, 0.29) is 5.69 Å². The number of carbonyl (C=O) groups is 1. The molecule has 7 nitrogen and oxygen atoms in total. The van der Waals surface area contributed by atoms with Crippen molar-refractivity contribution >= 4 is 11.8 Å². The number of benzene rings is 1. The third-order valence-electron chi connectivity index (χ3n) is 2.20. The molecule has 0 atom stereocenters. The van der Waals surface area contributed by atoms with E-state index in [2.05, 4.69) is 20.8 Å². The van der Waals surface area contributed by atoms with Crippen molar-refractivity contribution in [1.82, 2.24) is 20.2 Å². The van der Waals surface area contributed by atoms with Crippen molar-refractivity contribution in [3.63, 3.8) is 0 Å². The molecule has 2 aromatic rings. The Morgan fingerprint density at radius 3 is 2.75 bits per heavy atom. The van der Waals surface area contributed by atoms with Crippen LogP contribution in [-0.2, 0) is 4.74 Å². The highest BCUT2D eigenvalue weighted by Gasteiger charge is 2.17. The SMILES string of the molecule is CC(C)(C)OC(=O)Nc1cc(-n2cnnn2)ccc1F. The summed E-state index contributed by atoms with van der Waals surface area (Å²) in [5.41, 5.74) is -0.150. The molecule has 106 valence electrons. The van der Waals surface area contributed by atoms with Crippen LogP contribution in [0.25, 0.3) is 5.69 Å². The number of tetrazole rings is 1. The fraction of sp³-hybridized carbons (Fsp3) is 0.333. The highest BCUT2D eigenvalue weighted by Crippen LogP contribution is 2.19. The van der Waals surface area contributed by atoms with Gasteiger partial charge in [-0.1, -0.05) is 0 Å². The van der Waals surface area contributed by atoms with Gasteiger partial charge in [-0.3, -0.25) is 5.32 Å². The number of carbonyl (C=O) groups excluding carboxylic acids is 1. The molecule has 1 N–H and O–H groups in total. The molecule has 0 spiro atoms. The Hall–Kier alpha value is -2.51. The summed E-state index contributed by atoms with van der Waals surface area (Å²) in [4.78, 5) is 11.6. The molecule has 0 saturated heterocycles. The average Bonchev–Trinajstić information content (AvgIpc) is 2.83. The molecule has 8 heteroatoms. The standard InChI is InChI=1S/C12H14FN5O2/c1-12(2,3)20-11(19)15-10-6-8(4-5-9(10)13)18-7-14-16-17-18/h4-7H,1-3H3,(H,15,19). The molecule has 0 aliphatic carbocycles. The molecule has 0 fully saturated rings. The molecule has 2 rings (SSSR count). The van der Waals surface area contributed by atoms with Crippen LogP contribution >= 0.6 is 0 Å². The maximum absolute atomic E-state index is 13.7. The van der Waals surface area contributed by atoms with Crippen LogP contribution in [0.4, 0.5) is 14.9 Å². The summed E-state index contributed by atoms with van der Waals surface area (Å²) in [6.07, 6.45) is 0.634. The van der Waals surface area contributed by atoms with E-state index in [9.17, 15) is 9.18 Å². The Labute approximate surface area is 114 Å². The average molecular weight is 279 g/mol. The third kappa shape index (κ3) is 3.50. The summed E-state index contributed by atoms with van der Waals surface area (Å²) in [5, 5.41) is 13.0. The number of hydrogen-bond acceptors (Lipinski definition) is 5. The van der Waals surface area contributed by atoms with Crippen LogP contribution < -0.4 is 5.32 Å². The van der Waals surface area contributed by atoms with Crippen molar-refractivity contribution in [2.75, 3.05) is 5.32 Å². The molecule has 0 aliphatic heterocycles. The molecule has 0 radical (unpaired) electrons. The molecular formula is C12H14FN5O2. The lowest BCUT2D eigenvalue weighted by Gasteiger charge is -2.19. The number of nitrogens with one attached hydrogen (secondary N) is 1. The van der Waals surface area contributed by atoms with Gasteiger partial charge in [0.25, 0.3) is 0 Å². The molecule has 1 aromatic carbocycles. The van der Waals surface area contributed by atoms with Crippen LogP contribution in [0, 0.1) is 5.82 Å². The van der Waals surface area contributed by atoms with Crippen molar-refractivity contribution in [1.29, 1.82) is 0 Å². The number of rotatable bonds is 2. The monoisotopic (exact) mass is 279 g/mol. The van der Waals surface area contributed by atoms with E-state index in [4.69, 9.17) is 4.74 Å². The molecule has 1 amide bonds. The van der Waals surface area contributed by atoms with E-state index in [1.807, 2.05) is 0 Å². The van der Waals surface area contributed by atoms with E-state index >= 15 is 0 Å². The Morgan fingerprint density at radius 1 is 1.40 bits per heavy atom. The second-order valence-corrected chi connectivity index (χ2v) is 5.05. The lowest BCUT2D eigenvalue weighted by atomic mass is 10.2. The molecule has 0 unspecified atom stereocenters. The van der Waals surface area contributed by atoms with Crippen LogP contribution in [0.3, 0.4) is 0 Å². The fourth-order valence-corrected chi connectivity index (χ4v) is 1.44. The Morgan fingerprint density at radius 2 is 2.15 bits per heavy atom. The predicted octanol–water partition coefficient (Wildman–Crippen LogP) is 2.15. The first-order valence-electron chi connectivity index (χ1n) is 5.88. The van der Waals surface area contributed by atoms with Crippen molar-refractivity contribution in [3.05, 3.63) is 30.3 Å². The number of aromatic nitrogens is 4. The van der Waals surface area contributed by atoms with Crippen molar-refractivity contribution in [2.24, 2.45) is 0 Å². The largest absolute Gasteiger partial charge is 0.444 e. The normalized spacial score (nSPS) is 11.2. The van der Waals surface area contributed by atoms with Gasteiger partial charge in [0.05, 0.1) is 11.4 Å². The van der Waals surface area contributed by atoms with E-state index in [0.717, 1.165) is 0 Å². The lowest BCUT2D eigenvalue weighted by molar-refractivity contribution is 0.0635. The number of hydrogen-bond donors (Lipinski definition) is 1. The van der Waals surface area contributed by atoms with Gasteiger partial charge in [0.1, 0.15) is 17.7 Å².